The van der Waals surface area contributed by atoms with Crippen molar-refractivity contribution in [1.29, 1.82) is 0 Å². The molecular formula is C23H24FN3O3. The number of anilines is 1. The van der Waals surface area contributed by atoms with Crippen molar-refractivity contribution in [2.75, 3.05) is 11.9 Å². The van der Waals surface area contributed by atoms with Gasteiger partial charge in [0.15, 0.2) is 0 Å². The molecule has 6 nitrogen and oxygen atoms in total. The minimum Gasteiger partial charge on any atom is -0.396 e. The standard InChI is InChI=1S/C23H24FN3O3/c1-14-7-8-20(15(2)11-14)26-21(29)13-27-22(17-5-4-6-18(24)12-17)25-16(3)19(9-10-28)23(27)30/h4-8,11-12,28H,9-10,13H2,1-3H3,(H,26,29). The van der Waals surface area contributed by atoms with Gasteiger partial charge >= 0.3 is 0 Å². The minimum absolute atomic E-state index is 0.125. The quantitative estimate of drug-likeness (QED) is 0.655. The van der Waals surface area contributed by atoms with Gasteiger partial charge in [0.2, 0.25) is 5.91 Å². The molecule has 0 fully saturated rings. The van der Waals surface area contributed by atoms with Crippen LogP contribution in [-0.4, -0.2) is 27.2 Å². The Labute approximate surface area is 174 Å². The van der Waals surface area contributed by atoms with Gasteiger partial charge in [0.1, 0.15) is 18.2 Å². The van der Waals surface area contributed by atoms with Gasteiger partial charge in [-0.2, -0.15) is 0 Å². The maximum atomic E-state index is 13.8. The number of amides is 1. The van der Waals surface area contributed by atoms with Crippen LogP contribution in [0, 0.1) is 26.6 Å². The zero-order valence-corrected chi connectivity index (χ0v) is 17.2. The van der Waals surface area contributed by atoms with Gasteiger partial charge in [-0.15, -0.1) is 0 Å². The van der Waals surface area contributed by atoms with Gasteiger partial charge < -0.3 is 10.4 Å². The number of hydrogen-bond acceptors (Lipinski definition) is 4. The number of aliphatic hydroxyl groups is 1. The maximum Gasteiger partial charge on any atom is 0.257 e. The molecule has 30 heavy (non-hydrogen) atoms. The van der Waals surface area contributed by atoms with Gasteiger partial charge in [-0.25, -0.2) is 9.37 Å². The summed E-state index contributed by atoms with van der Waals surface area (Å²) in [6, 6.07) is 11.4. The molecule has 1 aromatic heterocycles. The van der Waals surface area contributed by atoms with E-state index >= 15 is 0 Å². The van der Waals surface area contributed by atoms with E-state index in [1.165, 1.54) is 22.8 Å². The molecule has 0 spiro atoms. The highest BCUT2D eigenvalue weighted by atomic mass is 19.1. The summed E-state index contributed by atoms with van der Waals surface area (Å²) in [5.74, 6) is -0.665. The Hall–Kier alpha value is -3.32. The molecule has 0 unspecified atom stereocenters. The lowest BCUT2D eigenvalue weighted by molar-refractivity contribution is -0.116. The summed E-state index contributed by atoms with van der Waals surface area (Å²) < 4.78 is 15.0. The molecule has 0 aliphatic rings. The molecule has 2 aromatic carbocycles. The second-order valence-electron chi connectivity index (χ2n) is 7.24. The van der Waals surface area contributed by atoms with E-state index in [9.17, 15) is 19.1 Å². The molecule has 0 atom stereocenters. The summed E-state index contributed by atoms with van der Waals surface area (Å²) in [6.07, 6.45) is 0.125. The molecule has 0 saturated carbocycles. The van der Waals surface area contributed by atoms with Gasteiger partial charge in [-0.3, -0.25) is 14.2 Å². The number of benzene rings is 2. The van der Waals surface area contributed by atoms with E-state index in [2.05, 4.69) is 10.3 Å². The summed E-state index contributed by atoms with van der Waals surface area (Å²) in [4.78, 5) is 30.3. The Morgan fingerprint density at radius 3 is 2.60 bits per heavy atom. The number of carbonyl (C=O) groups excluding carboxylic acids is 1. The van der Waals surface area contributed by atoms with Crippen molar-refractivity contribution in [1.82, 2.24) is 9.55 Å². The van der Waals surface area contributed by atoms with Crippen LogP contribution in [0.1, 0.15) is 22.4 Å². The van der Waals surface area contributed by atoms with Gasteiger partial charge in [-0.1, -0.05) is 29.8 Å². The minimum atomic E-state index is -0.467. The summed E-state index contributed by atoms with van der Waals surface area (Å²) >= 11 is 0. The summed E-state index contributed by atoms with van der Waals surface area (Å²) in [5.41, 5.74) is 3.38. The second kappa shape index (κ2) is 9.00. The lowest BCUT2D eigenvalue weighted by Gasteiger charge is -2.16. The monoisotopic (exact) mass is 409 g/mol. The first-order valence-electron chi connectivity index (χ1n) is 9.64. The molecule has 0 saturated heterocycles. The van der Waals surface area contributed by atoms with Crippen molar-refractivity contribution in [2.24, 2.45) is 0 Å². The van der Waals surface area contributed by atoms with Crippen LogP contribution in [-0.2, 0) is 17.8 Å². The van der Waals surface area contributed by atoms with Gasteiger partial charge in [-0.05, 0) is 44.5 Å². The van der Waals surface area contributed by atoms with Crippen LogP contribution < -0.4 is 10.9 Å². The number of nitrogens with one attached hydrogen (secondary N) is 1. The molecule has 3 aromatic rings. The van der Waals surface area contributed by atoms with Crippen LogP contribution >= 0.6 is 0 Å². The van der Waals surface area contributed by atoms with E-state index in [1.54, 1.807) is 13.0 Å². The van der Waals surface area contributed by atoms with Gasteiger partial charge in [0, 0.05) is 35.5 Å². The van der Waals surface area contributed by atoms with Gasteiger partial charge in [0.25, 0.3) is 5.56 Å². The van der Waals surface area contributed by atoms with Crippen LogP contribution in [0.5, 0.6) is 0 Å². The molecule has 0 aliphatic heterocycles. The number of aliphatic hydroxyl groups excluding tert-OH is 1. The lowest BCUT2D eigenvalue weighted by atomic mass is 10.1. The maximum absolute atomic E-state index is 13.8. The largest absolute Gasteiger partial charge is 0.396 e. The number of aromatic nitrogens is 2. The molecule has 3 rings (SSSR count). The van der Waals surface area contributed by atoms with E-state index in [-0.39, 0.29) is 25.4 Å². The zero-order chi connectivity index (χ0) is 21.8. The van der Waals surface area contributed by atoms with Crippen LogP contribution in [0.25, 0.3) is 11.4 Å². The number of hydrogen-bond donors (Lipinski definition) is 2. The van der Waals surface area contributed by atoms with Crippen molar-refractivity contribution >= 4 is 11.6 Å². The Morgan fingerprint density at radius 1 is 1.17 bits per heavy atom. The van der Waals surface area contributed by atoms with Crippen LogP contribution in [0.15, 0.2) is 47.3 Å². The first-order chi connectivity index (χ1) is 14.3. The van der Waals surface area contributed by atoms with Crippen LogP contribution in [0.3, 0.4) is 0 Å². The first-order valence-corrected chi connectivity index (χ1v) is 9.64. The third kappa shape index (κ3) is 4.63. The number of halogens is 1. The molecular weight excluding hydrogens is 385 g/mol. The van der Waals surface area contributed by atoms with Crippen LogP contribution in [0.2, 0.25) is 0 Å². The highest BCUT2D eigenvalue weighted by Gasteiger charge is 2.18. The molecule has 1 heterocycles. The number of carbonyl (C=O) groups is 1. The molecule has 0 radical (unpaired) electrons. The summed E-state index contributed by atoms with van der Waals surface area (Å²) in [5, 5.41) is 12.1. The number of aryl methyl sites for hydroxylation is 3. The molecule has 2 N–H and O–H groups in total. The zero-order valence-electron chi connectivity index (χ0n) is 17.2. The Bertz CT molecular complexity index is 1150. The summed E-state index contributed by atoms with van der Waals surface area (Å²) in [7, 11) is 0. The fourth-order valence-corrected chi connectivity index (χ4v) is 3.38. The smallest absolute Gasteiger partial charge is 0.257 e. The predicted molar refractivity (Wildman–Crippen MR) is 114 cm³/mol. The fraction of sp³-hybridized carbons (Fsp3) is 0.261. The Balaban J connectivity index is 2.03. The summed E-state index contributed by atoms with van der Waals surface area (Å²) in [6.45, 7) is 5.01. The van der Waals surface area contributed by atoms with Gasteiger partial charge in [0.05, 0.1) is 0 Å². The van der Waals surface area contributed by atoms with Crippen molar-refractivity contribution in [3.05, 3.63) is 81.0 Å². The average Bonchev–Trinajstić information content (AvgIpc) is 2.69. The van der Waals surface area contributed by atoms with E-state index in [1.807, 2.05) is 32.0 Å². The second-order valence-corrected chi connectivity index (χ2v) is 7.24. The van der Waals surface area contributed by atoms with E-state index in [0.29, 0.717) is 22.5 Å². The third-order valence-electron chi connectivity index (χ3n) is 4.87. The molecule has 7 heteroatoms. The number of nitrogens with zero attached hydrogens (tertiary/aromatic N) is 2. The third-order valence-corrected chi connectivity index (χ3v) is 4.87. The fourth-order valence-electron chi connectivity index (χ4n) is 3.38. The van der Waals surface area contributed by atoms with Crippen molar-refractivity contribution < 1.29 is 14.3 Å². The molecule has 156 valence electrons. The molecule has 0 aliphatic carbocycles. The van der Waals surface area contributed by atoms with Crippen molar-refractivity contribution in [3.63, 3.8) is 0 Å². The average molecular weight is 409 g/mol. The number of rotatable bonds is 6. The Kier molecular flexibility index (Phi) is 6.42. The van der Waals surface area contributed by atoms with E-state index in [0.717, 1.165) is 11.1 Å². The van der Waals surface area contributed by atoms with Crippen molar-refractivity contribution in [2.45, 2.75) is 33.7 Å². The molecule has 0 bridgehead atoms. The van der Waals surface area contributed by atoms with Crippen molar-refractivity contribution in [3.8, 4) is 11.4 Å². The van der Waals surface area contributed by atoms with E-state index < -0.39 is 17.3 Å². The highest BCUT2D eigenvalue weighted by Crippen LogP contribution is 2.20. The predicted octanol–water partition coefficient (Wildman–Crippen LogP) is 3.15. The van der Waals surface area contributed by atoms with E-state index in [4.69, 9.17) is 0 Å². The topological polar surface area (TPSA) is 84.2 Å². The SMILES string of the molecule is Cc1ccc(NC(=O)Cn2c(-c3cccc(F)c3)nc(C)c(CCO)c2=O)c(C)c1. The highest BCUT2D eigenvalue weighted by molar-refractivity contribution is 5.91. The lowest BCUT2D eigenvalue weighted by Crippen LogP contribution is -2.33. The normalized spacial score (nSPS) is 10.8. The molecule has 1 amide bonds. The van der Waals surface area contributed by atoms with Crippen LogP contribution in [0.4, 0.5) is 10.1 Å². The first kappa shape index (κ1) is 21.4. The Morgan fingerprint density at radius 2 is 1.93 bits per heavy atom.